The number of benzene rings is 1. The Balaban J connectivity index is 1.86. The zero-order valence-electron chi connectivity index (χ0n) is 19.4. The van der Waals surface area contributed by atoms with E-state index in [1.807, 2.05) is 19.9 Å². The van der Waals surface area contributed by atoms with Gasteiger partial charge in [-0.25, -0.2) is 18.6 Å². The number of carboxylic acid groups (broad SMARTS) is 1. The van der Waals surface area contributed by atoms with Crippen molar-refractivity contribution in [2.24, 2.45) is 0 Å². The molecule has 1 aliphatic rings. The average molecular weight is 479 g/mol. The highest BCUT2D eigenvalue weighted by Gasteiger charge is 2.53. The summed E-state index contributed by atoms with van der Waals surface area (Å²) >= 11 is 0. The second kappa shape index (κ2) is 7.85. The lowest BCUT2D eigenvalue weighted by Crippen LogP contribution is -2.51. The number of nitrogens with one attached hydrogen (secondary N) is 1. The molecule has 2 N–H and O–H groups in total. The number of ether oxygens (including phenoxy) is 1. The quantitative estimate of drug-likeness (QED) is 0.413. The average Bonchev–Trinajstić information content (AvgIpc) is 3.36. The van der Waals surface area contributed by atoms with Crippen molar-refractivity contribution >= 4 is 28.0 Å². The maximum atomic E-state index is 14.4. The topological polar surface area (TPSA) is 117 Å². The molecule has 0 spiro atoms. The third kappa shape index (κ3) is 3.38. The van der Waals surface area contributed by atoms with Crippen molar-refractivity contribution in [2.75, 3.05) is 7.11 Å². The van der Waals surface area contributed by atoms with Crippen molar-refractivity contribution in [3.63, 3.8) is 0 Å². The first kappa shape index (κ1) is 22.9. The number of hydrogen-bond donors (Lipinski definition) is 2. The van der Waals surface area contributed by atoms with Crippen molar-refractivity contribution in [1.82, 2.24) is 19.7 Å². The summed E-state index contributed by atoms with van der Waals surface area (Å²) in [6.45, 7) is 3.80. The fourth-order valence-electron chi connectivity index (χ4n) is 5.19. The molecular formula is C25H23F2N5O3. The molecule has 1 aliphatic carbocycles. The normalized spacial score (nSPS) is 20.2. The van der Waals surface area contributed by atoms with Crippen LogP contribution in [0.4, 0.5) is 8.78 Å². The monoisotopic (exact) mass is 479 g/mol. The van der Waals surface area contributed by atoms with E-state index in [1.165, 1.54) is 13.2 Å². The van der Waals surface area contributed by atoms with Gasteiger partial charge in [0.25, 0.3) is 0 Å². The van der Waals surface area contributed by atoms with Crippen LogP contribution in [0.5, 0.6) is 0 Å². The number of aromatic amines is 1. The Morgan fingerprint density at radius 1 is 1.34 bits per heavy atom. The standard InChI is InChI=1S/C25H23F2N5O3/c1-24(2,6-7-28)21-19(14-10-25(11-14,35-3)23(33)34)20-18(8-13-12-29-31-22(13)30-20)32(21)15-4-5-16(26)17(27)9-15/h4-5,8-9,12,14H,6,10-11H2,1-3H3,(H,33,34)(H,29,30,31). The largest absolute Gasteiger partial charge is 0.479 e. The van der Waals surface area contributed by atoms with Gasteiger partial charge in [0, 0.05) is 47.3 Å². The number of hydrogen-bond acceptors (Lipinski definition) is 5. The van der Waals surface area contributed by atoms with Crippen LogP contribution in [0, 0.1) is 23.0 Å². The maximum absolute atomic E-state index is 14.4. The Labute approximate surface area is 199 Å². The maximum Gasteiger partial charge on any atom is 0.335 e. The van der Waals surface area contributed by atoms with Crippen molar-refractivity contribution in [3.8, 4) is 11.8 Å². The van der Waals surface area contributed by atoms with Gasteiger partial charge < -0.3 is 14.4 Å². The van der Waals surface area contributed by atoms with E-state index >= 15 is 0 Å². The summed E-state index contributed by atoms with van der Waals surface area (Å²) in [5.74, 6) is -3.24. The van der Waals surface area contributed by atoms with Crippen LogP contribution in [-0.4, -0.2) is 43.5 Å². The molecule has 1 aromatic carbocycles. The molecule has 8 nitrogen and oxygen atoms in total. The lowest BCUT2D eigenvalue weighted by molar-refractivity contribution is -0.175. The molecule has 0 atom stereocenters. The molecule has 3 aromatic heterocycles. The molecule has 0 saturated heterocycles. The van der Waals surface area contributed by atoms with Crippen LogP contribution < -0.4 is 0 Å². The number of nitrogens with zero attached hydrogens (tertiary/aromatic N) is 4. The Morgan fingerprint density at radius 2 is 2.09 bits per heavy atom. The summed E-state index contributed by atoms with van der Waals surface area (Å²) in [7, 11) is 1.38. The van der Waals surface area contributed by atoms with Crippen LogP contribution in [0.2, 0.25) is 0 Å². The fourth-order valence-corrected chi connectivity index (χ4v) is 5.19. The molecule has 35 heavy (non-hydrogen) atoms. The second-order valence-electron chi connectivity index (χ2n) is 9.69. The molecule has 3 heterocycles. The van der Waals surface area contributed by atoms with E-state index in [4.69, 9.17) is 9.72 Å². The first-order valence-corrected chi connectivity index (χ1v) is 11.1. The zero-order chi connectivity index (χ0) is 25.1. The Kier molecular flexibility index (Phi) is 5.14. The number of aliphatic carboxylic acids is 1. The molecule has 180 valence electrons. The molecule has 0 amide bonds. The first-order chi connectivity index (χ1) is 16.6. The number of pyridine rings is 1. The minimum Gasteiger partial charge on any atom is -0.479 e. The van der Waals surface area contributed by atoms with E-state index in [2.05, 4.69) is 16.3 Å². The van der Waals surface area contributed by atoms with Crippen LogP contribution in [0.3, 0.4) is 0 Å². The highest BCUT2D eigenvalue weighted by molar-refractivity contribution is 5.94. The molecule has 0 bridgehead atoms. The Hall–Kier alpha value is -3.84. The third-order valence-corrected chi connectivity index (χ3v) is 7.05. The van der Waals surface area contributed by atoms with Gasteiger partial charge in [0.05, 0.1) is 23.3 Å². The summed E-state index contributed by atoms with van der Waals surface area (Å²) in [6, 6.07) is 7.73. The summed E-state index contributed by atoms with van der Waals surface area (Å²) in [5, 5.41) is 27.0. The SMILES string of the molecule is COC1(C(=O)O)CC(c2c(C(C)(C)CC#N)n(-c3ccc(F)c(F)c3)c3cc4cn[nH]c4nc23)C1. The Morgan fingerprint density at radius 3 is 2.71 bits per heavy atom. The summed E-state index contributed by atoms with van der Waals surface area (Å²) in [4.78, 5) is 16.7. The second-order valence-corrected chi connectivity index (χ2v) is 9.69. The number of carbonyl (C=O) groups is 1. The molecule has 10 heteroatoms. The highest BCUT2D eigenvalue weighted by atomic mass is 19.2. The number of carboxylic acids is 1. The third-order valence-electron chi connectivity index (χ3n) is 7.05. The predicted octanol–water partition coefficient (Wildman–Crippen LogP) is 4.72. The smallest absolute Gasteiger partial charge is 0.335 e. The molecule has 0 aliphatic heterocycles. The number of fused-ring (bicyclic) bond motifs is 2. The van der Waals surface area contributed by atoms with Crippen molar-refractivity contribution in [2.45, 2.75) is 50.0 Å². The van der Waals surface area contributed by atoms with E-state index in [1.54, 1.807) is 10.8 Å². The lowest BCUT2D eigenvalue weighted by atomic mass is 9.65. The lowest BCUT2D eigenvalue weighted by Gasteiger charge is -2.44. The zero-order valence-corrected chi connectivity index (χ0v) is 19.4. The molecule has 0 unspecified atom stereocenters. The van der Waals surface area contributed by atoms with Crippen molar-refractivity contribution < 1.29 is 23.4 Å². The number of nitriles is 1. The van der Waals surface area contributed by atoms with Gasteiger partial charge in [-0.3, -0.25) is 5.10 Å². The van der Waals surface area contributed by atoms with E-state index < -0.39 is 28.6 Å². The highest BCUT2D eigenvalue weighted by Crippen LogP contribution is 2.53. The van der Waals surface area contributed by atoms with E-state index in [0.29, 0.717) is 28.1 Å². The molecule has 0 radical (unpaired) electrons. The molecule has 4 aromatic rings. The molecule has 5 rings (SSSR count). The fraction of sp³-hybridized carbons (Fsp3) is 0.360. The Bertz CT molecular complexity index is 1530. The van der Waals surface area contributed by atoms with Crippen LogP contribution >= 0.6 is 0 Å². The molecule has 1 fully saturated rings. The number of halogens is 2. The van der Waals surface area contributed by atoms with Crippen LogP contribution in [-0.2, 0) is 14.9 Å². The van der Waals surface area contributed by atoms with Crippen LogP contribution in [0.1, 0.15) is 50.3 Å². The number of H-pyrrole nitrogens is 1. The van der Waals surface area contributed by atoms with E-state index in [0.717, 1.165) is 23.1 Å². The molecule has 1 saturated carbocycles. The van der Waals surface area contributed by atoms with Crippen molar-refractivity contribution in [1.29, 1.82) is 5.26 Å². The van der Waals surface area contributed by atoms with E-state index in [-0.39, 0.29) is 25.2 Å². The van der Waals surface area contributed by atoms with Gasteiger partial charge in [0.15, 0.2) is 22.9 Å². The van der Waals surface area contributed by atoms with E-state index in [9.17, 15) is 23.9 Å². The number of aromatic nitrogens is 4. The number of methoxy groups -OCH3 is 1. The van der Waals surface area contributed by atoms with Crippen molar-refractivity contribution in [3.05, 3.63) is 53.4 Å². The summed E-state index contributed by atoms with van der Waals surface area (Å²) in [6.07, 6.45) is 2.19. The summed E-state index contributed by atoms with van der Waals surface area (Å²) in [5.41, 5.74) is 1.58. The number of rotatable bonds is 6. The van der Waals surface area contributed by atoms with Crippen LogP contribution in [0.15, 0.2) is 30.5 Å². The molecular weight excluding hydrogens is 456 g/mol. The van der Waals surface area contributed by atoms with Gasteiger partial charge >= 0.3 is 5.97 Å². The van der Waals surface area contributed by atoms with Gasteiger partial charge in [-0.1, -0.05) is 13.8 Å². The first-order valence-electron chi connectivity index (χ1n) is 11.1. The minimum absolute atomic E-state index is 0.139. The minimum atomic E-state index is -1.31. The van der Waals surface area contributed by atoms with Gasteiger partial charge in [-0.2, -0.15) is 10.4 Å². The van der Waals surface area contributed by atoms with Gasteiger partial charge in [0.2, 0.25) is 0 Å². The predicted molar refractivity (Wildman–Crippen MR) is 123 cm³/mol. The van der Waals surface area contributed by atoms with Crippen LogP contribution in [0.25, 0.3) is 27.8 Å². The van der Waals surface area contributed by atoms with Gasteiger partial charge in [-0.05, 0) is 37.0 Å². The summed E-state index contributed by atoms with van der Waals surface area (Å²) < 4.78 is 35.4. The van der Waals surface area contributed by atoms with Gasteiger partial charge in [0.1, 0.15) is 0 Å². The van der Waals surface area contributed by atoms with Gasteiger partial charge in [-0.15, -0.1) is 0 Å².